The van der Waals surface area contributed by atoms with E-state index in [0.29, 0.717) is 41.3 Å². The number of aromatic nitrogens is 1. The Labute approximate surface area is 283 Å². The van der Waals surface area contributed by atoms with Crippen LogP contribution in [0.4, 0.5) is 4.39 Å². The molecule has 1 aromatic carbocycles. The van der Waals surface area contributed by atoms with Gasteiger partial charge < -0.3 is 24.7 Å². The predicted molar refractivity (Wildman–Crippen MR) is 186 cm³/mol. The van der Waals surface area contributed by atoms with E-state index in [2.05, 4.69) is 21.8 Å². The van der Waals surface area contributed by atoms with Crippen molar-refractivity contribution in [3.05, 3.63) is 98.4 Å². The van der Waals surface area contributed by atoms with Crippen molar-refractivity contribution in [1.29, 1.82) is 0 Å². The molecule has 1 saturated heterocycles. The van der Waals surface area contributed by atoms with Crippen LogP contribution in [0.25, 0.3) is 0 Å². The quantitative estimate of drug-likeness (QED) is 0.148. The summed E-state index contributed by atoms with van der Waals surface area (Å²) in [6.45, 7) is 16.4. The number of morpholine rings is 1. The number of hydrogen-bond donors (Lipinski definition) is 2. The minimum Gasteiger partial charge on any atom is -0.493 e. The van der Waals surface area contributed by atoms with Crippen LogP contribution in [0.2, 0.25) is 0 Å². The van der Waals surface area contributed by atoms with Gasteiger partial charge in [0.05, 0.1) is 19.8 Å². The highest BCUT2D eigenvalue weighted by Gasteiger charge is 2.29. The van der Waals surface area contributed by atoms with Gasteiger partial charge >= 0.3 is 0 Å². The maximum Gasteiger partial charge on any atom is 0.253 e. The third-order valence-corrected chi connectivity index (χ3v) is 9.26. The lowest BCUT2D eigenvalue weighted by atomic mass is 9.98. The van der Waals surface area contributed by atoms with Crippen LogP contribution in [-0.2, 0) is 27.3 Å². The van der Waals surface area contributed by atoms with Gasteiger partial charge in [0.1, 0.15) is 11.6 Å². The fourth-order valence-corrected chi connectivity index (χ4v) is 6.52. The SMILES string of the molecule is C=C/C(=C(C)\C(=C/Cc1ccc(OCCCN2CCOCC2)cc1F)C(=O)NCc1c(C)cc(C)[nH]c1=O)N(CC)C(=O)C1CCCC1. The zero-order valence-corrected chi connectivity index (χ0v) is 29.0. The number of benzene rings is 1. The first-order valence-corrected chi connectivity index (χ1v) is 17.2. The van der Waals surface area contributed by atoms with Crippen molar-refractivity contribution in [1.82, 2.24) is 20.1 Å². The number of amides is 2. The minimum atomic E-state index is -0.435. The number of hydrogen-bond acceptors (Lipinski definition) is 6. The first-order valence-electron chi connectivity index (χ1n) is 17.2. The van der Waals surface area contributed by atoms with Crippen molar-refractivity contribution in [3.8, 4) is 5.75 Å². The number of aryl methyl sites for hydroxylation is 2. The number of carbonyl (C=O) groups is 2. The van der Waals surface area contributed by atoms with Crippen molar-refractivity contribution in [2.45, 2.75) is 72.8 Å². The number of H-pyrrole nitrogens is 1. The number of likely N-dealkylation sites (N-methyl/N-ethyl adjacent to an activating group) is 1. The van der Waals surface area contributed by atoms with Crippen LogP contribution in [0.1, 0.15) is 68.3 Å². The fourth-order valence-electron chi connectivity index (χ4n) is 6.52. The van der Waals surface area contributed by atoms with Gasteiger partial charge in [0, 0.05) is 67.2 Å². The van der Waals surface area contributed by atoms with Crippen LogP contribution in [-0.4, -0.2) is 72.6 Å². The van der Waals surface area contributed by atoms with E-state index in [1.54, 1.807) is 43.0 Å². The zero-order chi connectivity index (χ0) is 34.6. The highest BCUT2D eigenvalue weighted by molar-refractivity contribution is 5.98. The Bertz CT molecular complexity index is 1570. The number of nitrogens with one attached hydrogen (secondary N) is 2. The van der Waals surface area contributed by atoms with Gasteiger partial charge in [-0.05, 0) is 88.3 Å². The molecule has 48 heavy (non-hydrogen) atoms. The summed E-state index contributed by atoms with van der Waals surface area (Å²) in [6, 6.07) is 6.64. The Balaban J connectivity index is 1.55. The molecule has 2 heterocycles. The summed E-state index contributed by atoms with van der Waals surface area (Å²) in [5.41, 5.74) is 3.47. The van der Waals surface area contributed by atoms with Gasteiger partial charge in [-0.3, -0.25) is 19.3 Å². The van der Waals surface area contributed by atoms with E-state index in [9.17, 15) is 14.4 Å². The molecule has 2 amide bonds. The topological polar surface area (TPSA) is 104 Å². The van der Waals surface area contributed by atoms with E-state index < -0.39 is 11.7 Å². The fraction of sp³-hybridized carbons (Fsp3) is 0.500. The van der Waals surface area contributed by atoms with Gasteiger partial charge in [-0.1, -0.05) is 31.6 Å². The van der Waals surface area contributed by atoms with Crippen LogP contribution in [0.5, 0.6) is 5.75 Å². The molecule has 0 radical (unpaired) electrons. The van der Waals surface area contributed by atoms with E-state index >= 15 is 4.39 Å². The molecule has 0 spiro atoms. The van der Waals surface area contributed by atoms with E-state index in [0.717, 1.165) is 76.2 Å². The normalized spacial score (nSPS) is 16.4. The van der Waals surface area contributed by atoms with Crippen molar-refractivity contribution in [2.75, 3.05) is 46.0 Å². The number of ether oxygens (including phenoxy) is 2. The molecular formula is C38H51FN4O5. The Morgan fingerprint density at radius 1 is 1.19 bits per heavy atom. The van der Waals surface area contributed by atoms with Crippen molar-refractivity contribution >= 4 is 11.8 Å². The molecule has 9 nitrogen and oxygen atoms in total. The highest BCUT2D eigenvalue weighted by atomic mass is 19.1. The van der Waals surface area contributed by atoms with Crippen LogP contribution in [0, 0.1) is 25.6 Å². The number of pyridine rings is 1. The second-order valence-corrected chi connectivity index (χ2v) is 12.6. The van der Waals surface area contributed by atoms with Crippen molar-refractivity contribution < 1.29 is 23.5 Å². The summed E-state index contributed by atoms with van der Waals surface area (Å²) in [5.74, 6) is -0.448. The Morgan fingerprint density at radius 2 is 1.92 bits per heavy atom. The van der Waals surface area contributed by atoms with E-state index in [1.165, 1.54) is 6.07 Å². The summed E-state index contributed by atoms with van der Waals surface area (Å²) in [5, 5.41) is 2.89. The van der Waals surface area contributed by atoms with Gasteiger partial charge in [-0.25, -0.2) is 4.39 Å². The third-order valence-electron chi connectivity index (χ3n) is 9.26. The molecule has 1 aliphatic carbocycles. The van der Waals surface area contributed by atoms with Gasteiger partial charge in [0.25, 0.3) is 11.5 Å². The lowest BCUT2D eigenvalue weighted by Gasteiger charge is -2.27. The smallest absolute Gasteiger partial charge is 0.253 e. The summed E-state index contributed by atoms with van der Waals surface area (Å²) < 4.78 is 26.5. The molecule has 1 aliphatic heterocycles. The average Bonchev–Trinajstić information content (AvgIpc) is 3.61. The summed E-state index contributed by atoms with van der Waals surface area (Å²) >= 11 is 0. The van der Waals surface area contributed by atoms with E-state index in [4.69, 9.17) is 9.47 Å². The molecular weight excluding hydrogens is 611 g/mol. The monoisotopic (exact) mass is 662 g/mol. The maximum atomic E-state index is 15.3. The molecule has 0 unspecified atom stereocenters. The lowest BCUT2D eigenvalue weighted by Crippen LogP contribution is -2.37. The highest BCUT2D eigenvalue weighted by Crippen LogP contribution is 2.30. The van der Waals surface area contributed by atoms with Gasteiger partial charge in [0.2, 0.25) is 5.91 Å². The Hall–Kier alpha value is -4.02. The molecule has 4 rings (SSSR count). The number of aromatic amines is 1. The second kappa shape index (κ2) is 17.9. The number of carbonyl (C=O) groups excluding carboxylic acids is 2. The van der Waals surface area contributed by atoms with Crippen LogP contribution >= 0.6 is 0 Å². The van der Waals surface area contributed by atoms with Gasteiger partial charge in [-0.2, -0.15) is 0 Å². The van der Waals surface area contributed by atoms with Crippen LogP contribution < -0.4 is 15.6 Å². The first kappa shape index (κ1) is 36.8. The van der Waals surface area contributed by atoms with Gasteiger partial charge in [-0.15, -0.1) is 0 Å². The van der Waals surface area contributed by atoms with E-state index in [-0.39, 0.29) is 35.9 Å². The second-order valence-electron chi connectivity index (χ2n) is 12.6. The third kappa shape index (κ3) is 9.76. The minimum absolute atomic E-state index is 0.0127. The Kier molecular flexibility index (Phi) is 13.8. The molecule has 0 bridgehead atoms. The summed E-state index contributed by atoms with van der Waals surface area (Å²) in [7, 11) is 0. The molecule has 1 saturated carbocycles. The lowest BCUT2D eigenvalue weighted by molar-refractivity contribution is -0.133. The molecule has 2 fully saturated rings. The first-order chi connectivity index (χ1) is 23.1. The molecule has 2 N–H and O–H groups in total. The van der Waals surface area contributed by atoms with Crippen molar-refractivity contribution in [3.63, 3.8) is 0 Å². The molecule has 2 aliphatic rings. The average molecular weight is 663 g/mol. The molecule has 10 heteroatoms. The van der Waals surface area contributed by atoms with Crippen LogP contribution in [0.3, 0.4) is 0 Å². The molecule has 1 aromatic heterocycles. The zero-order valence-electron chi connectivity index (χ0n) is 29.0. The predicted octanol–water partition coefficient (Wildman–Crippen LogP) is 5.52. The number of allylic oxidation sites excluding steroid dienone is 2. The standard InChI is InChI=1S/C38H51FN4O5/c1-6-35(43(7-2)38(46)30-11-8-9-12-30)28(5)32(36(44)40-25-33-26(3)23-27(4)41-37(33)45)16-14-29-13-15-31(24-34(29)39)48-20-10-17-42-18-21-47-22-19-42/h6,13,15-16,23-24,30H,1,7-12,14,17-22,25H2,2-5H3,(H,40,44)(H,41,45)/b32-16+,35-28+. The summed E-state index contributed by atoms with van der Waals surface area (Å²) in [6.07, 6.45) is 7.97. The van der Waals surface area contributed by atoms with Crippen molar-refractivity contribution in [2.24, 2.45) is 5.92 Å². The largest absolute Gasteiger partial charge is 0.493 e. The molecule has 0 atom stereocenters. The van der Waals surface area contributed by atoms with Gasteiger partial charge in [0.15, 0.2) is 0 Å². The summed E-state index contributed by atoms with van der Waals surface area (Å²) in [4.78, 5) is 46.8. The number of halogens is 1. The maximum absolute atomic E-state index is 15.3. The molecule has 2 aromatic rings. The van der Waals surface area contributed by atoms with E-state index in [1.807, 2.05) is 19.9 Å². The number of rotatable bonds is 15. The number of nitrogens with zero attached hydrogens (tertiary/aromatic N) is 2. The molecule has 260 valence electrons. The van der Waals surface area contributed by atoms with Crippen LogP contribution in [0.15, 0.2) is 64.6 Å². The Morgan fingerprint density at radius 3 is 2.56 bits per heavy atom.